The maximum absolute atomic E-state index is 14.0. The van der Waals surface area contributed by atoms with Crippen LogP contribution in [0, 0.1) is 5.82 Å². The summed E-state index contributed by atoms with van der Waals surface area (Å²) in [5.74, 6) is -0.335. The van der Waals surface area contributed by atoms with Gasteiger partial charge in [0.25, 0.3) is 0 Å². The number of thiophene rings is 1. The minimum atomic E-state index is -0.486. The van der Waals surface area contributed by atoms with Crippen molar-refractivity contribution in [3.63, 3.8) is 0 Å². The number of halogens is 1. The minimum absolute atomic E-state index is 0.151. The number of pyridine rings is 1. The van der Waals surface area contributed by atoms with Gasteiger partial charge in [-0.15, -0.1) is 11.3 Å². The number of fused-ring (bicyclic) bond motifs is 1. The molecule has 3 aromatic rings. The predicted molar refractivity (Wildman–Crippen MR) is 74.8 cm³/mol. The number of ether oxygens (including phenoxy) is 1. The van der Waals surface area contributed by atoms with Gasteiger partial charge in [-0.05, 0) is 23.6 Å². The highest BCUT2D eigenvalue weighted by Crippen LogP contribution is 2.32. The number of nitrogens with two attached hydrogens (primary N) is 1. The third kappa shape index (κ3) is 2.24. The van der Waals surface area contributed by atoms with Crippen LogP contribution in [0.5, 0.6) is 5.75 Å². The fourth-order valence-corrected chi connectivity index (χ4v) is 2.50. The van der Waals surface area contributed by atoms with Crippen LogP contribution in [0.2, 0.25) is 0 Å². The Kier molecular flexibility index (Phi) is 3.05. The minimum Gasteiger partial charge on any atom is -0.483 e. The molecule has 0 amide bonds. The van der Waals surface area contributed by atoms with Gasteiger partial charge in [0, 0.05) is 28.2 Å². The summed E-state index contributed by atoms with van der Waals surface area (Å²) in [4.78, 5) is 5.19. The van der Waals surface area contributed by atoms with E-state index in [0.717, 1.165) is 4.88 Å². The molecule has 3 nitrogen and oxygen atoms in total. The van der Waals surface area contributed by atoms with Crippen molar-refractivity contribution < 1.29 is 9.13 Å². The van der Waals surface area contributed by atoms with Crippen LogP contribution in [0.4, 0.5) is 10.1 Å². The topological polar surface area (TPSA) is 48.1 Å². The van der Waals surface area contributed by atoms with Crippen LogP contribution in [0.3, 0.4) is 0 Å². The molecule has 2 aromatic heterocycles. The smallest absolute Gasteiger partial charge is 0.181 e. The average Bonchev–Trinajstić information content (AvgIpc) is 2.92. The zero-order chi connectivity index (χ0) is 13.2. The number of nitrogens with zero attached hydrogens (tertiary/aromatic N) is 1. The van der Waals surface area contributed by atoms with Crippen molar-refractivity contribution in [2.24, 2.45) is 0 Å². The van der Waals surface area contributed by atoms with Crippen LogP contribution in [-0.4, -0.2) is 4.98 Å². The van der Waals surface area contributed by atoms with E-state index in [1.54, 1.807) is 29.7 Å². The Labute approximate surface area is 113 Å². The van der Waals surface area contributed by atoms with Gasteiger partial charge in [0.15, 0.2) is 11.6 Å². The largest absolute Gasteiger partial charge is 0.483 e. The Hall–Kier alpha value is -2.14. The first-order chi connectivity index (χ1) is 9.25. The first-order valence-electron chi connectivity index (χ1n) is 5.73. The Morgan fingerprint density at radius 3 is 3.00 bits per heavy atom. The van der Waals surface area contributed by atoms with Crippen LogP contribution >= 0.6 is 11.3 Å². The number of aromatic nitrogens is 1. The van der Waals surface area contributed by atoms with E-state index < -0.39 is 5.82 Å². The fraction of sp³-hybridized carbons (Fsp3) is 0.0714. The summed E-state index contributed by atoms with van der Waals surface area (Å²) in [7, 11) is 0. The summed E-state index contributed by atoms with van der Waals surface area (Å²) in [6.45, 7) is 0.324. The van der Waals surface area contributed by atoms with Crippen molar-refractivity contribution in [1.82, 2.24) is 4.98 Å². The molecule has 0 aliphatic heterocycles. The zero-order valence-electron chi connectivity index (χ0n) is 9.97. The molecule has 3 rings (SSSR count). The van der Waals surface area contributed by atoms with Gasteiger partial charge < -0.3 is 10.5 Å². The lowest BCUT2D eigenvalue weighted by Crippen LogP contribution is -1.99. The molecule has 0 spiro atoms. The second-order valence-electron chi connectivity index (χ2n) is 4.04. The summed E-state index contributed by atoms with van der Waals surface area (Å²) in [6, 6.07) is 8.71. The Morgan fingerprint density at radius 2 is 2.21 bits per heavy atom. The maximum atomic E-state index is 14.0. The molecular weight excluding hydrogens is 263 g/mol. The Morgan fingerprint density at radius 1 is 1.32 bits per heavy atom. The monoisotopic (exact) mass is 274 g/mol. The summed E-state index contributed by atoms with van der Waals surface area (Å²) in [6.07, 6.45) is 1.60. The number of anilines is 1. The molecule has 5 heteroatoms. The SMILES string of the molecule is Nc1cc(F)c(OCc2cccs2)c2ncccc12. The summed E-state index contributed by atoms with van der Waals surface area (Å²) in [5, 5.41) is 2.65. The van der Waals surface area contributed by atoms with E-state index in [4.69, 9.17) is 10.5 Å². The molecule has 0 aliphatic carbocycles. The van der Waals surface area contributed by atoms with Crippen molar-refractivity contribution in [1.29, 1.82) is 0 Å². The van der Waals surface area contributed by atoms with Gasteiger partial charge in [0.1, 0.15) is 12.1 Å². The molecule has 0 saturated carbocycles. The van der Waals surface area contributed by atoms with Crippen LogP contribution in [0.1, 0.15) is 4.88 Å². The van der Waals surface area contributed by atoms with Crippen LogP contribution in [-0.2, 0) is 6.61 Å². The molecule has 0 fully saturated rings. The van der Waals surface area contributed by atoms with E-state index in [-0.39, 0.29) is 5.75 Å². The quantitative estimate of drug-likeness (QED) is 0.742. The van der Waals surface area contributed by atoms with Crippen molar-refractivity contribution in [3.8, 4) is 5.75 Å². The van der Waals surface area contributed by atoms with Gasteiger partial charge in [0.05, 0.1) is 0 Å². The van der Waals surface area contributed by atoms with E-state index in [9.17, 15) is 4.39 Å². The van der Waals surface area contributed by atoms with Gasteiger partial charge in [-0.3, -0.25) is 4.98 Å². The molecule has 0 aliphatic rings. The molecule has 96 valence electrons. The number of rotatable bonds is 3. The van der Waals surface area contributed by atoms with Crippen LogP contribution in [0.25, 0.3) is 10.9 Å². The molecule has 1 aromatic carbocycles. The molecular formula is C14H11FN2OS. The molecule has 0 radical (unpaired) electrons. The van der Waals surface area contributed by atoms with Gasteiger partial charge in [-0.2, -0.15) is 0 Å². The molecule has 19 heavy (non-hydrogen) atoms. The van der Waals surface area contributed by atoms with Crippen molar-refractivity contribution in [2.75, 3.05) is 5.73 Å². The summed E-state index contributed by atoms with van der Waals surface area (Å²) < 4.78 is 19.5. The first-order valence-corrected chi connectivity index (χ1v) is 6.61. The lowest BCUT2D eigenvalue weighted by Gasteiger charge is -2.10. The number of benzene rings is 1. The molecule has 0 atom stereocenters. The summed E-state index contributed by atoms with van der Waals surface area (Å²) in [5.41, 5.74) is 6.60. The van der Waals surface area contributed by atoms with Gasteiger partial charge in [-0.1, -0.05) is 6.07 Å². The van der Waals surface area contributed by atoms with Crippen LogP contribution in [0.15, 0.2) is 41.9 Å². The zero-order valence-corrected chi connectivity index (χ0v) is 10.8. The predicted octanol–water partition coefficient (Wildman–Crippen LogP) is 3.60. The van der Waals surface area contributed by atoms with Gasteiger partial charge in [0.2, 0.25) is 0 Å². The maximum Gasteiger partial charge on any atom is 0.181 e. The average molecular weight is 274 g/mol. The molecule has 2 heterocycles. The molecule has 0 bridgehead atoms. The molecule has 2 N–H and O–H groups in total. The lowest BCUT2D eigenvalue weighted by molar-refractivity contribution is 0.297. The Bertz CT molecular complexity index is 713. The number of nitrogen functional groups attached to an aromatic ring is 1. The highest BCUT2D eigenvalue weighted by molar-refractivity contribution is 7.09. The van der Waals surface area contributed by atoms with Crippen molar-refractivity contribution >= 4 is 27.9 Å². The van der Waals surface area contributed by atoms with E-state index >= 15 is 0 Å². The first kappa shape index (κ1) is 11.9. The highest BCUT2D eigenvalue weighted by atomic mass is 32.1. The van der Waals surface area contributed by atoms with E-state index in [1.807, 2.05) is 17.5 Å². The Balaban J connectivity index is 2.02. The number of hydrogen-bond acceptors (Lipinski definition) is 4. The van der Waals surface area contributed by atoms with E-state index in [2.05, 4.69) is 4.98 Å². The lowest BCUT2D eigenvalue weighted by atomic mass is 10.1. The molecule has 0 unspecified atom stereocenters. The van der Waals surface area contributed by atoms with Crippen molar-refractivity contribution in [2.45, 2.75) is 6.61 Å². The second kappa shape index (κ2) is 4.85. The third-order valence-corrected chi connectivity index (χ3v) is 3.62. The van der Waals surface area contributed by atoms with Crippen molar-refractivity contribution in [3.05, 3.63) is 52.6 Å². The standard InChI is InChI=1S/C14H11FN2OS/c15-11-7-12(16)10-4-1-5-17-13(10)14(11)18-8-9-3-2-6-19-9/h1-7H,8,16H2. The van der Waals surface area contributed by atoms with Crippen LogP contribution < -0.4 is 10.5 Å². The number of hydrogen-bond donors (Lipinski definition) is 1. The van der Waals surface area contributed by atoms with E-state index in [1.165, 1.54) is 6.07 Å². The normalized spacial score (nSPS) is 10.8. The summed E-state index contributed by atoms with van der Waals surface area (Å²) >= 11 is 1.56. The third-order valence-electron chi connectivity index (χ3n) is 2.77. The van der Waals surface area contributed by atoms with E-state index in [0.29, 0.717) is 23.2 Å². The van der Waals surface area contributed by atoms with Gasteiger partial charge >= 0.3 is 0 Å². The van der Waals surface area contributed by atoms with Gasteiger partial charge in [-0.25, -0.2) is 4.39 Å². The second-order valence-corrected chi connectivity index (χ2v) is 5.08. The fourth-order valence-electron chi connectivity index (χ4n) is 1.89. The molecule has 0 saturated heterocycles. The highest BCUT2D eigenvalue weighted by Gasteiger charge is 2.13.